The minimum atomic E-state index is -4.61. The van der Waals surface area contributed by atoms with Gasteiger partial charge in [0.2, 0.25) is 17.6 Å². The van der Waals surface area contributed by atoms with Crippen molar-refractivity contribution in [1.29, 1.82) is 0 Å². The van der Waals surface area contributed by atoms with Crippen LogP contribution in [-0.2, 0) is 15.8 Å². The van der Waals surface area contributed by atoms with Gasteiger partial charge >= 0.3 is 6.18 Å². The van der Waals surface area contributed by atoms with Crippen LogP contribution < -0.4 is 5.32 Å². The molecule has 0 saturated carbocycles. The van der Waals surface area contributed by atoms with Gasteiger partial charge in [0.05, 0.1) is 17.9 Å². The Labute approximate surface area is 193 Å². The third-order valence-corrected chi connectivity index (χ3v) is 5.62. The number of rotatable bonds is 5. The number of hydrogen-bond acceptors (Lipinski definition) is 6. The lowest BCUT2D eigenvalue weighted by atomic mass is 9.85. The molecule has 1 aliphatic rings. The van der Waals surface area contributed by atoms with Gasteiger partial charge in [0.1, 0.15) is 12.1 Å². The van der Waals surface area contributed by atoms with Crippen molar-refractivity contribution in [3.63, 3.8) is 0 Å². The van der Waals surface area contributed by atoms with Gasteiger partial charge in [0.15, 0.2) is 5.69 Å². The zero-order valence-corrected chi connectivity index (χ0v) is 19.1. The molecule has 2 heterocycles. The van der Waals surface area contributed by atoms with Crippen molar-refractivity contribution in [1.82, 2.24) is 25.2 Å². The summed E-state index contributed by atoms with van der Waals surface area (Å²) in [6.45, 7) is 5.22. The molecule has 12 heteroatoms. The van der Waals surface area contributed by atoms with Gasteiger partial charge in [-0.1, -0.05) is 38.1 Å². The lowest BCUT2D eigenvalue weighted by Crippen LogP contribution is -2.49. The van der Waals surface area contributed by atoms with Crippen molar-refractivity contribution in [3.8, 4) is 0 Å². The van der Waals surface area contributed by atoms with E-state index in [0.717, 1.165) is 18.2 Å². The Bertz CT molecular complexity index is 1090. The molecule has 2 N–H and O–H groups in total. The first-order chi connectivity index (χ1) is 15.7. The van der Waals surface area contributed by atoms with E-state index in [2.05, 4.69) is 15.6 Å². The summed E-state index contributed by atoms with van der Waals surface area (Å²) in [5.41, 5.74) is -2.17. The standard InChI is InChI=1S/C22H26F3N5O4/c1-21(2,3)18(20(34)29-10-14(31)9-16(29)19(33)26-4)30-11-15(27-28-30)17(32)12-6-5-7-13(8-12)22(23,24)25/h5-8,11,14,16,18,31H,9-10H2,1-4H3,(H,26,33)/t14?,16?,18-/m1/s1. The number of alkyl halides is 3. The van der Waals surface area contributed by atoms with Gasteiger partial charge in [-0.15, -0.1) is 5.10 Å². The SMILES string of the molecule is CNC(=O)C1CC(O)CN1C(=O)[C@@H](n1cc(C(=O)c2cccc(C(F)(F)F)c2)nn1)C(C)(C)C. The fraction of sp³-hybridized carbons (Fsp3) is 0.500. The lowest BCUT2D eigenvalue weighted by molar-refractivity contribution is -0.144. The Morgan fingerprint density at radius 1 is 1.21 bits per heavy atom. The maximum Gasteiger partial charge on any atom is 0.416 e. The van der Waals surface area contributed by atoms with Crippen LogP contribution in [0.2, 0.25) is 0 Å². The van der Waals surface area contributed by atoms with E-state index in [1.807, 2.05) is 0 Å². The van der Waals surface area contributed by atoms with Crippen LogP contribution >= 0.6 is 0 Å². The van der Waals surface area contributed by atoms with E-state index in [4.69, 9.17) is 0 Å². The number of aliphatic hydroxyl groups excluding tert-OH is 1. The zero-order valence-electron chi connectivity index (χ0n) is 19.1. The number of nitrogens with zero attached hydrogens (tertiary/aromatic N) is 4. The van der Waals surface area contributed by atoms with E-state index in [1.54, 1.807) is 20.8 Å². The van der Waals surface area contributed by atoms with Gasteiger partial charge < -0.3 is 15.3 Å². The third kappa shape index (κ3) is 5.11. The molecule has 3 atom stereocenters. The first kappa shape index (κ1) is 25.3. The summed E-state index contributed by atoms with van der Waals surface area (Å²) >= 11 is 0. The zero-order chi connectivity index (χ0) is 25.4. The van der Waals surface area contributed by atoms with Crippen molar-refractivity contribution in [2.75, 3.05) is 13.6 Å². The molecule has 3 rings (SSSR count). The highest BCUT2D eigenvalue weighted by Crippen LogP contribution is 2.34. The van der Waals surface area contributed by atoms with Crippen LogP contribution in [-0.4, -0.2) is 68.3 Å². The van der Waals surface area contributed by atoms with Gasteiger partial charge in [0.25, 0.3) is 0 Å². The molecule has 0 spiro atoms. The minimum Gasteiger partial charge on any atom is -0.391 e. The Morgan fingerprint density at radius 2 is 1.88 bits per heavy atom. The summed E-state index contributed by atoms with van der Waals surface area (Å²) in [7, 11) is 1.43. The van der Waals surface area contributed by atoms with E-state index in [1.165, 1.54) is 28.9 Å². The van der Waals surface area contributed by atoms with E-state index >= 15 is 0 Å². The Morgan fingerprint density at radius 3 is 2.47 bits per heavy atom. The fourth-order valence-corrected chi connectivity index (χ4v) is 4.00. The van der Waals surface area contributed by atoms with Crippen molar-refractivity contribution in [2.45, 2.75) is 51.6 Å². The van der Waals surface area contributed by atoms with Crippen molar-refractivity contribution in [2.24, 2.45) is 5.41 Å². The van der Waals surface area contributed by atoms with E-state index in [-0.39, 0.29) is 24.2 Å². The van der Waals surface area contributed by atoms with Crippen LogP contribution in [0.4, 0.5) is 13.2 Å². The molecule has 1 aromatic carbocycles. The highest BCUT2D eigenvalue weighted by molar-refractivity contribution is 6.07. The average Bonchev–Trinajstić information content (AvgIpc) is 3.38. The molecule has 2 unspecified atom stereocenters. The van der Waals surface area contributed by atoms with Gasteiger partial charge in [-0.2, -0.15) is 13.2 Å². The van der Waals surface area contributed by atoms with Crippen LogP contribution in [0.3, 0.4) is 0 Å². The smallest absolute Gasteiger partial charge is 0.391 e. The average molecular weight is 481 g/mol. The van der Waals surface area contributed by atoms with Gasteiger partial charge in [-0.05, 0) is 17.5 Å². The normalized spacial score (nSPS) is 19.7. The highest BCUT2D eigenvalue weighted by Gasteiger charge is 2.45. The largest absolute Gasteiger partial charge is 0.416 e. The summed E-state index contributed by atoms with van der Waals surface area (Å²) in [6, 6.07) is 2.08. The number of nitrogens with one attached hydrogen (secondary N) is 1. The number of carbonyl (C=O) groups is 3. The topological polar surface area (TPSA) is 117 Å². The number of halogens is 3. The molecule has 1 aromatic heterocycles. The van der Waals surface area contributed by atoms with Crippen LogP contribution in [0.15, 0.2) is 30.5 Å². The Kier molecular flexibility index (Phi) is 6.83. The van der Waals surface area contributed by atoms with Crippen LogP contribution in [0, 0.1) is 5.41 Å². The lowest BCUT2D eigenvalue weighted by Gasteiger charge is -2.34. The van der Waals surface area contributed by atoms with Gasteiger partial charge in [0, 0.05) is 25.6 Å². The highest BCUT2D eigenvalue weighted by atomic mass is 19.4. The maximum atomic E-state index is 13.5. The number of amides is 2. The first-order valence-electron chi connectivity index (χ1n) is 10.6. The molecule has 2 aromatic rings. The molecule has 0 aliphatic carbocycles. The summed E-state index contributed by atoms with van der Waals surface area (Å²) in [6.07, 6.45) is -4.20. The van der Waals surface area contributed by atoms with Crippen molar-refractivity contribution < 1.29 is 32.7 Å². The number of aliphatic hydroxyl groups is 1. The summed E-state index contributed by atoms with van der Waals surface area (Å²) in [5.74, 6) is -1.70. The predicted molar refractivity (Wildman–Crippen MR) is 114 cm³/mol. The number of aromatic nitrogens is 3. The molecule has 0 bridgehead atoms. The fourth-order valence-electron chi connectivity index (χ4n) is 4.00. The Hall–Kier alpha value is -3.28. The number of benzene rings is 1. The van der Waals surface area contributed by atoms with E-state index in [0.29, 0.717) is 0 Å². The maximum absolute atomic E-state index is 13.5. The second-order valence-corrected chi connectivity index (χ2v) is 9.27. The molecule has 9 nitrogen and oxygen atoms in total. The molecule has 184 valence electrons. The summed E-state index contributed by atoms with van der Waals surface area (Å²) in [5, 5.41) is 20.3. The second-order valence-electron chi connectivity index (χ2n) is 9.27. The van der Waals surface area contributed by atoms with Crippen LogP contribution in [0.25, 0.3) is 0 Å². The second kappa shape index (κ2) is 9.16. The molecule has 0 radical (unpaired) electrons. The van der Waals surface area contributed by atoms with E-state index < -0.39 is 52.9 Å². The molecule has 1 saturated heterocycles. The quantitative estimate of drug-likeness (QED) is 0.630. The molecule has 1 aliphatic heterocycles. The predicted octanol–water partition coefficient (Wildman–Crippen LogP) is 1.82. The number of likely N-dealkylation sites (N-methyl/N-ethyl adjacent to an activating group) is 1. The van der Waals surface area contributed by atoms with Gasteiger partial charge in [-0.25, -0.2) is 4.68 Å². The number of hydrogen-bond donors (Lipinski definition) is 2. The summed E-state index contributed by atoms with van der Waals surface area (Å²) in [4.78, 5) is 39.8. The first-order valence-corrected chi connectivity index (χ1v) is 10.6. The van der Waals surface area contributed by atoms with Crippen LogP contribution in [0.1, 0.15) is 54.8 Å². The third-order valence-electron chi connectivity index (χ3n) is 5.62. The van der Waals surface area contributed by atoms with Crippen molar-refractivity contribution >= 4 is 17.6 Å². The number of carbonyl (C=O) groups excluding carboxylic acids is 3. The molecule has 2 amide bonds. The molecular weight excluding hydrogens is 455 g/mol. The number of likely N-dealkylation sites (tertiary alicyclic amines) is 1. The van der Waals surface area contributed by atoms with Crippen molar-refractivity contribution in [3.05, 3.63) is 47.3 Å². The monoisotopic (exact) mass is 481 g/mol. The molecule has 34 heavy (non-hydrogen) atoms. The molecule has 1 fully saturated rings. The number of β-amino-alcohol motifs (C(OH)–C–C–N with tert-alkyl or cyclic N) is 1. The summed E-state index contributed by atoms with van der Waals surface area (Å²) < 4.78 is 40.2. The van der Waals surface area contributed by atoms with E-state index in [9.17, 15) is 32.7 Å². The van der Waals surface area contributed by atoms with Gasteiger partial charge in [-0.3, -0.25) is 14.4 Å². The Balaban J connectivity index is 1.93. The minimum absolute atomic E-state index is 0.0474. The number of ketones is 1. The molecular formula is C22H26F3N5O4. The van der Waals surface area contributed by atoms with Crippen LogP contribution in [0.5, 0.6) is 0 Å².